The highest BCUT2D eigenvalue weighted by Gasteiger charge is 2.20. The molecule has 0 fully saturated rings. The average molecular weight is 293 g/mol. The summed E-state index contributed by atoms with van der Waals surface area (Å²) in [5.74, 6) is -0.0562. The molecule has 0 atom stereocenters. The fourth-order valence-corrected chi connectivity index (χ4v) is 3.10. The van der Waals surface area contributed by atoms with E-state index in [1.54, 1.807) is 19.1 Å². The number of aromatic nitrogens is 1. The summed E-state index contributed by atoms with van der Waals surface area (Å²) in [4.78, 5) is 19.9. The molecule has 0 bridgehead atoms. The third kappa shape index (κ3) is 2.91. The van der Waals surface area contributed by atoms with Crippen molar-refractivity contribution in [3.05, 3.63) is 22.7 Å². The predicted molar refractivity (Wildman–Crippen MR) is 82.2 cm³/mol. The van der Waals surface area contributed by atoms with Crippen LogP contribution in [0.25, 0.3) is 10.2 Å². The predicted octanol–water partition coefficient (Wildman–Crippen LogP) is 2.30. The highest BCUT2D eigenvalue weighted by Crippen LogP contribution is 2.33. The monoisotopic (exact) mass is 293 g/mol. The summed E-state index contributed by atoms with van der Waals surface area (Å²) in [7, 11) is 3.43. The number of methoxy groups -OCH3 is 1. The van der Waals surface area contributed by atoms with E-state index in [9.17, 15) is 4.79 Å². The number of rotatable bonds is 5. The van der Waals surface area contributed by atoms with Gasteiger partial charge in [-0.25, -0.2) is 4.98 Å². The van der Waals surface area contributed by atoms with Crippen molar-refractivity contribution in [2.75, 3.05) is 33.0 Å². The van der Waals surface area contributed by atoms with Crippen molar-refractivity contribution in [1.29, 1.82) is 0 Å². The Morgan fingerprint density at radius 1 is 1.50 bits per heavy atom. The molecule has 20 heavy (non-hydrogen) atoms. The molecule has 0 saturated heterocycles. The minimum Gasteiger partial charge on any atom is -0.397 e. The number of nitrogen functional groups attached to an aromatic ring is 1. The molecule has 0 aliphatic carbocycles. The summed E-state index contributed by atoms with van der Waals surface area (Å²) in [5.41, 5.74) is 7.53. The lowest BCUT2D eigenvalue weighted by Gasteiger charge is -2.16. The largest absolute Gasteiger partial charge is 0.397 e. The molecule has 2 rings (SSSR count). The van der Waals surface area contributed by atoms with Gasteiger partial charge in [0.1, 0.15) is 9.71 Å². The number of aryl methyl sites for hydroxylation is 1. The number of thiophene rings is 1. The molecule has 0 aromatic carbocycles. The van der Waals surface area contributed by atoms with Gasteiger partial charge in [0.15, 0.2) is 0 Å². The molecule has 0 spiro atoms. The lowest BCUT2D eigenvalue weighted by atomic mass is 10.2. The Balaban J connectivity index is 2.23. The quantitative estimate of drug-likeness (QED) is 0.859. The molecule has 1 amide bonds. The summed E-state index contributed by atoms with van der Waals surface area (Å²) in [5, 5.41) is 0.856. The van der Waals surface area contributed by atoms with Crippen LogP contribution in [0.1, 0.15) is 21.8 Å². The van der Waals surface area contributed by atoms with Crippen LogP contribution in [0.2, 0.25) is 0 Å². The van der Waals surface area contributed by atoms with Crippen LogP contribution in [0.4, 0.5) is 5.69 Å². The molecule has 108 valence electrons. The fourth-order valence-electron chi connectivity index (χ4n) is 1.97. The number of fused-ring (bicyclic) bond motifs is 1. The minimum absolute atomic E-state index is 0.0562. The molecular formula is C14H19N3O2S. The molecule has 0 unspecified atom stereocenters. The number of anilines is 1. The summed E-state index contributed by atoms with van der Waals surface area (Å²) in [6, 6.07) is 3.83. The van der Waals surface area contributed by atoms with Gasteiger partial charge in [-0.05, 0) is 25.5 Å². The van der Waals surface area contributed by atoms with Crippen LogP contribution in [-0.4, -0.2) is 43.1 Å². The second kappa shape index (κ2) is 6.19. The lowest BCUT2D eigenvalue weighted by Crippen LogP contribution is -2.28. The Hall–Kier alpha value is -1.66. The van der Waals surface area contributed by atoms with E-state index < -0.39 is 0 Å². The maximum Gasteiger partial charge on any atom is 0.265 e. The van der Waals surface area contributed by atoms with E-state index in [-0.39, 0.29) is 5.91 Å². The molecule has 5 nitrogen and oxygen atoms in total. The second-order valence-electron chi connectivity index (χ2n) is 4.72. The molecule has 6 heteroatoms. The molecule has 0 radical (unpaired) electrons. The van der Waals surface area contributed by atoms with Gasteiger partial charge in [-0.2, -0.15) is 0 Å². The first-order chi connectivity index (χ1) is 9.54. The summed E-state index contributed by atoms with van der Waals surface area (Å²) in [6.45, 7) is 3.21. The highest BCUT2D eigenvalue weighted by atomic mass is 32.1. The molecule has 2 aromatic heterocycles. The first-order valence-electron chi connectivity index (χ1n) is 6.44. The molecule has 2 aromatic rings. The summed E-state index contributed by atoms with van der Waals surface area (Å²) < 4.78 is 4.99. The molecule has 2 N–H and O–H groups in total. The standard InChI is InChI=1S/C14H19N3O2S/c1-9-5-6-10-11(15)12(20-13(10)16-9)14(18)17(2)7-4-8-19-3/h5-6H,4,7-8,15H2,1-3H3. The van der Waals surface area contributed by atoms with E-state index in [0.717, 1.165) is 22.3 Å². The number of carbonyl (C=O) groups is 1. The van der Waals surface area contributed by atoms with Crippen molar-refractivity contribution in [1.82, 2.24) is 9.88 Å². The minimum atomic E-state index is -0.0562. The van der Waals surface area contributed by atoms with E-state index in [4.69, 9.17) is 10.5 Å². The Kier molecular flexibility index (Phi) is 4.57. The third-order valence-electron chi connectivity index (χ3n) is 3.12. The Morgan fingerprint density at radius 2 is 2.25 bits per heavy atom. The number of carbonyl (C=O) groups excluding carboxylic acids is 1. The lowest BCUT2D eigenvalue weighted by molar-refractivity contribution is 0.0785. The van der Waals surface area contributed by atoms with Crippen molar-refractivity contribution < 1.29 is 9.53 Å². The Labute approximate surface area is 122 Å². The van der Waals surface area contributed by atoms with E-state index >= 15 is 0 Å². The van der Waals surface area contributed by atoms with E-state index in [1.165, 1.54) is 11.3 Å². The second-order valence-corrected chi connectivity index (χ2v) is 5.72. The van der Waals surface area contributed by atoms with Gasteiger partial charge in [-0.15, -0.1) is 11.3 Å². The molecule has 0 aliphatic heterocycles. The summed E-state index contributed by atoms with van der Waals surface area (Å²) >= 11 is 1.36. The molecule has 0 saturated carbocycles. The van der Waals surface area contributed by atoms with E-state index in [2.05, 4.69) is 4.98 Å². The topological polar surface area (TPSA) is 68.5 Å². The van der Waals surface area contributed by atoms with Crippen molar-refractivity contribution in [2.45, 2.75) is 13.3 Å². The first kappa shape index (κ1) is 14.7. The maximum absolute atomic E-state index is 12.4. The van der Waals surface area contributed by atoms with E-state index in [0.29, 0.717) is 23.7 Å². The smallest absolute Gasteiger partial charge is 0.265 e. The van der Waals surface area contributed by atoms with Gasteiger partial charge in [-0.1, -0.05) is 0 Å². The van der Waals surface area contributed by atoms with Crippen LogP contribution in [0, 0.1) is 6.92 Å². The van der Waals surface area contributed by atoms with Crippen molar-refractivity contribution in [2.24, 2.45) is 0 Å². The number of hydrogen-bond donors (Lipinski definition) is 1. The highest BCUT2D eigenvalue weighted by molar-refractivity contribution is 7.21. The molecule has 2 heterocycles. The normalized spacial score (nSPS) is 10.9. The molecule has 0 aliphatic rings. The SMILES string of the molecule is COCCCN(C)C(=O)c1sc2nc(C)ccc2c1N. The average Bonchev–Trinajstić information content (AvgIpc) is 2.74. The van der Waals surface area contributed by atoms with Crippen LogP contribution in [0.15, 0.2) is 12.1 Å². The van der Waals surface area contributed by atoms with Crippen LogP contribution < -0.4 is 5.73 Å². The number of hydrogen-bond acceptors (Lipinski definition) is 5. The van der Waals surface area contributed by atoms with Crippen LogP contribution in [0.5, 0.6) is 0 Å². The number of nitrogens with zero attached hydrogens (tertiary/aromatic N) is 2. The fraction of sp³-hybridized carbons (Fsp3) is 0.429. The third-order valence-corrected chi connectivity index (χ3v) is 4.22. The van der Waals surface area contributed by atoms with Crippen LogP contribution >= 0.6 is 11.3 Å². The Bertz CT molecular complexity index is 624. The van der Waals surface area contributed by atoms with Gasteiger partial charge in [0.25, 0.3) is 5.91 Å². The van der Waals surface area contributed by atoms with Crippen LogP contribution in [0.3, 0.4) is 0 Å². The van der Waals surface area contributed by atoms with Gasteiger partial charge in [0.2, 0.25) is 0 Å². The Morgan fingerprint density at radius 3 is 2.95 bits per heavy atom. The maximum atomic E-state index is 12.4. The number of amides is 1. The number of pyridine rings is 1. The van der Waals surface area contributed by atoms with Gasteiger partial charge in [0, 0.05) is 38.4 Å². The van der Waals surface area contributed by atoms with Gasteiger partial charge in [0.05, 0.1) is 5.69 Å². The zero-order valence-electron chi connectivity index (χ0n) is 12.0. The zero-order valence-corrected chi connectivity index (χ0v) is 12.8. The summed E-state index contributed by atoms with van der Waals surface area (Å²) in [6.07, 6.45) is 0.806. The van der Waals surface area contributed by atoms with Crippen LogP contribution in [-0.2, 0) is 4.74 Å². The number of ether oxygens (including phenoxy) is 1. The van der Waals surface area contributed by atoms with Gasteiger partial charge in [-0.3, -0.25) is 4.79 Å². The molecular weight excluding hydrogens is 274 g/mol. The van der Waals surface area contributed by atoms with Gasteiger partial charge >= 0.3 is 0 Å². The van der Waals surface area contributed by atoms with E-state index in [1.807, 2.05) is 19.1 Å². The van der Waals surface area contributed by atoms with Crippen molar-refractivity contribution in [3.8, 4) is 0 Å². The first-order valence-corrected chi connectivity index (χ1v) is 7.26. The van der Waals surface area contributed by atoms with Crippen molar-refractivity contribution >= 4 is 33.1 Å². The zero-order chi connectivity index (χ0) is 14.7. The van der Waals surface area contributed by atoms with Gasteiger partial charge < -0.3 is 15.4 Å². The number of nitrogens with two attached hydrogens (primary N) is 1. The van der Waals surface area contributed by atoms with Crippen molar-refractivity contribution in [3.63, 3.8) is 0 Å².